The lowest BCUT2D eigenvalue weighted by Gasteiger charge is -2.16. The van der Waals surface area contributed by atoms with E-state index in [0.717, 1.165) is 23.6 Å². The number of nitrogens with zero attached hydrogens (tertiary/aromatic N) is 6. The molecule has 14 heteroatoms. The molecular formula is C28H25F3N8O2S. The number of fused-ring (bicyclic) bond motifs is 1. The summed E-state index contributed by atoms with van der Waals surface area (Å²) in [5.41, 5.74) is 0.467. The number of thiazole rings is 1. The first kappa shape index (κ1) is 28.8. The lowest BCUT2D eigenvalue weighted by atomic mass is 10.1. The number of alkyl halides is 3. The maximum Gasteiger partial charge on any atom is 0.416 e. The van der Waals surface area contributed by atoms with Crippen LogP contribution in [0.5, 0.6) is 0 Å². The highest BCUT2D eigenvalue weighted by molar-refractivity contribution is 7.15. The quantitative estimate of drug-likeness (QED) is 0.260. The fourth-order valence-electron chi connectivity index (χ4n) is 4.28. The number of anilines is 3. The molecule has 42 heavy (non-hydrogen) atoms. The SMILES string of the molecule is Cc1ccc(NC(=O)c2cccc(C(F)(F)F)c2)cc1-n1c(C)c2cnc(Nc3ncc(CN(C)C)s3)nc2nc1=O. The zero-order valence-corrected chi connectivity index (χ0v) is 23.8. The molecule has 2 aromatic carbocycles. The molecule has 0 saturated carbocycles. The predicted octanol–water partition coefficient (Wildman–Crippen LogP) is 5.33. The number of halogens is 3. The van der Waals surface area contributed by atoms with Crippen LogP contribution in [-0.4, -0.2) is 49.4 Å². The molecule has 0 unspecified atom stereocenters. The average Bonchev–Trinajstić information content (AvgIpc) is 3.35. The topological polar surface area (TPSA) is 118 Å². The average molecular weight is 595 g/mol. The lowest BCUT2D eigenvalue weighted by Crippen LogP contribution is -2.25. The molecular weight excluding hydrogens is 569 g/mol. The normalized spacial score (nSPS) is 11.7. The summed E-state index contributed by atoms with van der Waals surface area (Å²) in [7, 11) is 3.93. The van der Waals surface area contributed by atoms with Crippen LogP contribution in [0.15, 0.2) is 59.7 Å². The largest absolute Gasteiger partial charge is 0.416 e. The summed E-state index contributed by atoms with van der Waals surface area (Å²) in [6, 6.07) is 9.00. The highest BCUT2D eigenvalue weighted by atomic mass is 32.1. The summed E-state index contributed by atoms with van der Waals surface area (Å²) >= 11 is 1.46. The number of aromatic nitrogens is 5. The molecule has 216 valence electrons. The summed E-state index contributed by atoms with van der Waals surface area (Å²) in [5, 5.41) is 6.80. The molecule has 1 amide bonds. The Labute approximate surface area is 241 Å². The van der Waals surface area contributed by atoms with Crippen molar-refractivity contribution in [3.05, 3.63) is 92.6 Å². The van der Waals surface area contributed by atoms with Crippen LogP contribution >= 0.6 is 11.3 Å². The van der Waals surface area contributed by atoms with Gasteiger partial charge in [0, 0.05) is 40.8 Å². The van der Waals surface area contributed by atoms with Crippen LogP contribution in [-0.2, 0) is 12.7 Å². The Morgan fingerprint density at radius 1 is 1.05 bits per heavy atom. The maximum absolute atomic E-state index is 13.2. The lowest BCUT2D eigenvalue weighted by molar-refractivity contribution is -0.137. The number of hydrogen-bond acceptors (Lipinski definition) is 9. The molecule has 0 atom stereocenters. The van der Waals surface area contributed by atoms with Crippen LogP contribution in [0.3, 0.4) is 0 Å². The van der Waals surface area contributed by atoms with E-state index < -0.39 is 23.3 Å². The van der Waals surface area contributed by atoms with Crippen molar-refractivity contribution in [2.75, 3.05) is 24.7 Å². The van der Waals surface area contributed by atoms with E-state index in [1.807, 2.05) is 19.0 Å². The number of carbonyl (C=O) groups is 1. The fraction of sp³-hybridized carbons (Fsp3) is 0.214. The predicted molar refractivity (Wildman–Crippen MR) is 155 cm³/mol. The molecule has 0 fully saturated rings. The summed E-state index contributed by atoms with van der Waals surface area (Å²) in [5.74, 6) is -0.480. The van der Waals surface area contributed by atoms with Gasteiger partial charge in [0.25, 0.3) is 5.91 Å². The summed E-state index contributed by atoms with van der Waals surface area (Å²) in [6.45, 7) is 4.25. The standard InChI is InChI=1S/C28H25F3N8O2S/c1-15-8-9-19(34-24(40)17-6-5-7-18(10-17)28(29,30)31)11-22(15)39-16(2)21-13-32-25(35-23(21)36-27(39)41)37-26-33-12-20(42-26)14-38(3)4/h5-13H,14H2,1-4H3,(H,34,40)(H,33,35,36,37,41). The molecule has 0 aliphatic rings. The van der Waals surface area contributed by atoms with Crippen molar-refractivity contribution in [2.45, 2.75) is 26.6 Å². The van der Waals surface area contributed by atoms with Crippen LogP contribution < -0.4 is 16.3 Å². The van der Waals surface area contributed by atoms with Gasteiger partial charge < -0.3 is 10.2 Å². The van der Waals surface area contributed by atoms with Gasteiger partial charge in [0.15, 0.2) is 10.8 Å². The molecule has 0 spiro atoms. The Morgan fingerprint density at radius 3 is 2.57 bits per heavy atom. The summed E-state index contributed by atoms with van der Waals surface area (Å²) in [6.07, 6.45) is -1.24. The van der Waals surface area contributed by atoms with Gasteiger partial charge in [-0.1, -0.05) is 12.1 Å². The van der Waals surface area contributed by atoms with Gasteiger partial charge >= 0.3 is 11.9 Å². The highest BCUT2D eigenvalue weighted by Gasteiger charge is 2.31. The van der Waals surface area contributed by atoms with Gasteiger partial charge in [-0.25, -0.2) is 14.8 Å². The third-order valence-corrected chi connectivity index (χ3v) is 7.19. The molecule has 0 saturated heterocycles. The van der Waals surface area contributed by atoms with E-state index in [1.165, 1.54) is 28.0 Å². The van der Waals surface area contributed by atoms with Crippen LogP contribution in [0.1, 0.15) is 32.1 Å². The van der Waals surface area contributed by atoms with Crippen molar-refractivity contribution in [1.29, 1.82) is 0 Å². The number of hydrogen-bond donors (Lipinski definition) is 2. The molecule has 5 aromatic rings. The summed E-state index contributed by atoms with van der Waals surface area (Å²) < 4.78 is 40.7. The minimum Gasteiger partial charge on any atom is -0.322 e. The second-order valence-electron chi connectivity index (χ2n) is 9.77. The van der Waals surface area contributed by atoms with Crippen molar-refractivity contribution < 1.29 is 18.0 Å². The van der Waals surface area contributed by atoms with Gasteiger partial charge in [-0.05, 0) is 63.8 Å². The van der Waals surface area contributed by atoms with E-state index in [-0.39, 0.29) is 22.8 Å². The van der Waals surface area contributed by atoms with E-state index in [2.05, 4.69) is 30.6 Å². The zero-order valence-electron chi connectivity index (χ0n) is 22.9. The fourth-order valence-corrected chi connectivity index (χ4v) is 5.20. The van der Waals surface area contributed by atoms with E-state index >= 15 is 0 Å². The van der Waals surface area contributed by atoms with Crippen molar-refractivity contribution >= 4 is 45.0 Å². The maximum atomic E-state index is 13.2. The van der Waals surface area contributed by atoms with E-state index in [9.17, 15) is 22.8 Å². The number of carbonyl (C=O) groups excluding carboxylic acids is 1. The Hall–Kier alpha value is -4.69. The van der Waals surface area contributed by atoms with Crippen molar-refractivity contribution in [2.24, 2.45) is 0 Å². The molecule has 10 nitrogen and oxygen atoms in total. The molecule has 0 bridgehead atoms. The van der Waals surface area contributed by atoms with Crippen LogP contribution in [0, 0.1) is 13.8 Å². The Morgan fingerprint density at radius 2 is 1.83 bits per heavy atom. The Balaban J connectivity index is 1.43. The van der Waals surface area contributed by atoms with Crippen molar-refractivity contribution in [1.82, 2.24) is 29.4 Å². The molecule has 0 radical (unpaired) electrons. The number of amides is 1. The molecule has 3 aromatic heterocycles. The van der Waals surface area contributed by atoms with Gasteiger partial charge in [-0.2, -0.15) is 23.1 Å². The van der Waals surface area contributed by atoms with Crippen LogP contribution in [0.2, 0.25) is 0 Å². The zero-order chi connectivity index (χ0) is 30.2. The van der Waals surface area contributed by atoms with E-state index in [4.69, 9.17) is 0 Å². The highest BCUT2D eigenvalue weighted by Crippen LogP contribution is 2.30. The molecule has 0 aliphatic carbocycles. The summed E-state index contributed by atoms with van der Waals surface area (Å²) in [4.78, 5) is 46.4. The van der Waals surface area contributed by atoms with Gasteiger partial charge in [-0.15, -0.1) is 11.3 Å². The number of aryl methyl sites for hydroxylation is 2. The van der Waals surface area contributed by atoms with Gasteiger partial charge in [0.1, 0.15) is 0 Å². The monoisotopic (exact) mass is 594 g/mol. The van der Waals surface area contributed by atoms with Gasteiger partial charge in [0.2, 0.25) is 5.95 Å². The van der Waals surface area contributed by atoms with Crippen LogP contribution in [0.4, 0.5) is 29.9 Å². The molecule has 2 N–H and O–H groups in total. The third kappa shape index (κ3) is 6.14. The second-order valence-corrected chi connectivity index (χ2v) is 10.9. The Kier molecular flexibility index (Phi) is 7.75. The number of nitrogens with one attached hydrogen (secondary N) is 2. The molecule has 0 aliphatic heterocycles. The van der Waals surface area contributed by atoms with Gasteiger partial charge in [-0.3, -0.25) is 14.7 Å². The van der Waals surface area contributed by atoms with E-state index in [1.54, 1.807) is 44.4 Å². The second kappa shape index (κ2) is 11.3. The minimum atomic E-state index is -4.58. The van der Waals surface area contributed by atoms with E-state index in [0.29, 0.717) is 27.5 Å². The van der Waals surface area contributed by atoms with Crippen LogP contribution in [0.25, 0.3) is 16.7 Å². The first-order valence-electron chi connectivity index (χ1n) is 12.6. The van der Waals surface area contributed by atoms with Crippen molar-refractivity contribution in [3.63, 3.8) is 0 Å². The van der Waals surface area contributed by atoms with Crippen molar-refractivity contribution in [3.8, 4) is 5.69 Å². The minimum absolute atomic E-state index is 0.152. The Bertz CT molecular complexity index is 1870. The first-order valence-corrected chi connectivity index (χ1v) is 13.4. The number of benzene rings is 2. The van der Waals surface area contributed by atoms with Gasteiger partial charge in [0.05, 0.1) is 16.6 Å². The smallest absolute Gasteiger partial charge is 0.322 e. The third-order valence-electron chi connectivity index (χ3n) is 6.29. The molecule has 5 rings (SSSR count). The number of rotatable bonds is 7. The molecule has 3 heterocycles. The first-order chi connectivity index (χ1) is 19.9.